The van der Waals surface area contributed by atoms with Crippen molar-refractivity contribution >= 4 is 27.4 Å². The Labute approximate surface area is 104 Å². The summed E-state index contributed by atoms with van der Waals surface area (Å²) in [5.41, 5.74) is 5.94. The van der Waals surface area contributed by atoms with Gasteiger partial charge in [-0.3, -0.25) is 4.90 Å². The molecule has 3 heterocycles. The standard InChI is InChI=1S/C12H16N4S/c1-8-2-4-16(6-8)7-10-14-11(13)9-3-5-17-12(9)15-10/h3,5,8H,2,4,6-7H2,1H3,(H2,13,14,15). The maximum atomic E-state index is 5.94. The lowest BCUT2D eigenvalue weighted by molar-refractivity contribution is 0.312. The van der Waals surface area contributed by atoms with Crippen LogP contribution in [0.15, 0.2) is 11.4 Å². The Morgan fingerprint density at radius 3 is 3.18 bits per heavy atom. The fourth-order valence-corrected chi connectivity index (χ4v) is 3.16. The Kier molecular flexibility index (Phi) is 2.72. The monoisotopic (exact) mass is 248 g/mol. The van der Waals surface area contributed by atoms with E-state index in [0.717, 1.165) is 41.6 Å². The van der Waals surface area contributed by atoms with Gasteiger partial charge in [0.1, 0.15) is 16.5 Å². The third-order valence-corrected chi connectivity index (χ3v) is 4.08. The van der Waals surface area contributed by atoms with Crippen LogP contribution < -0.4 is 5.73 Å². The van der Waals surface area contributed by atoms with Gasteiger partial charge in [-0.1, -0.05) is 6.92 Å². The van der Waals surface area contributed by atoms with Crippen molar-refractivity contribution in [2.24, 2.45) is 5.92 Å². The molecule has 1 aliphatic rings. The maximum Gasteiger partial charge on any atom is 0.146 e. The predicted octanol–water partition coefficient (Wildman–Crippen LogP) is 2.12. The summed E-state index contributed by atoms with van der Waals surface area (Å²) in [7, 11) is 0. The number of nitrogen functional groups attached to an aromatic ring is 1. The van der Waals surface area contributed by atoms with E-state index < -0.39 is 0 Å². The molecule has 17 heavy (non-hydrogen) atoms. The van der Waals surface area contributed by atoms with Gasteiger partial charge in [-0.15, -0.1) is 11.3 Å². The highest BCUT2D eigenvalue weighted by Crippen LogP contribution is 2.24. The van der Waals surface area contributed by atoms with Crippen molar-refractivity contribution < 1.29 is 0 Å². The van der Waals surface area contributed by atoms with Crippen LogP contribution in [-0.4, -0.2) is 28.0 Å². The molecule has 2 N–H and O–H groups in total. The summed E-state index contributed by atoms with van der Waals surface area (Å²) in [6, 6.07) is 1.98. The molecule has 0 spiro atoms. The van der Waals surface area contributed by atoms with Crippen LogP contribution in [0.3, 0.4) is 0 Å². The van der Waals surface area contributed by atoms with E-state index in [1.54, 1.807) is 11.3 Å². The second-order valence-corrected chi connectivity index (χ2v) is 5.69. The van der Waals surface area contributed by atoms with E-state index in [0.29, 0.717) is 5.82 Å². The number of thiophene rings is 1. The lowest BCUT2D eigenvalue weighted by Crippen LogP contribution is -2.21. The fourth-order valence-electron chi connectivity index (χ4n) is 2.36. The zero-order valence-corrected chi connectivity index (χ0v) is 10.7. The van der Waals surface area contributed by atoms with Gasteiger partial charge in [-0.25, -0.2) is 9.97 Å². The van der Waals surface area contributed by atoms with Crippen LogP contribution in [0.5, 0.6) is 0 Å². The lowest BCUT2D eigenvalue weighted by Gasteiger charge is -2.14. The third kappa shape index (κ3) is 2.12. The number of anilines is 1. The number of likely N-dealkylation sites (tertiary alicyclic amines) is 1. The minimum Gasteiger partial charge on any atom is -0.383 e. The summed E-state index contributed by atoms with van der Waals surface area (Å²) in [6.45, 7) is 5.40. The molecule has 3 rings (SSSR count). The largest absolute Gasteiger partial charge is 0.383 e. The van der Waals surface area contributed by atoms with Gasteiger partial charge in [0.2, 0.25) is 0 Å². The van der Waals surface area contributed by atoms with E-state index in [4.69, 9.17) is 5.73 Å². The second kappa shape index (κ2) is 4.23. The molecule has 0 saturated carbocycles. The van der Waals surface area contributed by atoms with Gasteiger partial charge in [0.25, 0.3) is 0 Å². The van der Waals surface area contributed by atoms with Crippen molar-refractivity contribution in [2.45, 2.75) is 19.9 Å². The molecule has 1 fully saturated rings. The van der Waals surface area contributed by atoms with Gasteiger partial charge in [-0.05, 0) is 30.3 Å². The molecule has 2 aromatic rings. The van der Waals surface area contributed by atoms with Crippen LogP contribution in [-0.2, 0) is 6.54 Å². The first-order chi connectivity index (χ1) is 8.22. The van der Waals surface area contributed by atoms with Gasteiger partial charge in [0, 0.05) is 6.54 Å². The Bertz CT molecular complexity index is 536. The molecule has 1 atom stereocenters. The maximum absolute atomic E-state index is 5.94. The SMILES string of the molecule is CC1CCN(Cc2nc(N)c3ccsc3n2)C1. The van der Waals surface area contributed by atoms with Crippen molar-refractivity contribution in [3.8, 4) is 0 Å². The number of fused-ring (bicyclic) bond motifs is 1. The van der Waals surface area contributed by atoms with E-state index >= 15 is 0 Å². The highest BCUT2D eigenvalue weighted by atomic mass is 32.1. The molecular weight excluding hydrogens is 232 g/mol. The number of nitrogens with zero attached hydrogens (tertiary/aromatic N) is 3. The third-order valence-electron chi connectivity index (χ3n) is 3.27. The van der Waals surface area contributed by atoms with E-state index in [1.165, 1.54) is 6.42 Å². The van der Waals surface area contributed by atoms with Gasteiger partial charge in [0.05, 0.1) is 11.9 Å². The molecule has 0 bridgehead atoms. The van der Waals surface area contributed by atoms with E-state index in [1.807, 2.05) is 11.4 Å². The topological polar surface area (TPSA) is 55.0 Å². The normalized spacial score (nSPS) is 21.4. The first kappa shape index (κ1) is 10.9. The Morgan fingerprint density at radius 1 is 1.53 bits per heavy atom. The van der Waals surface area contributed by atoms with Gasteiger partial charge < -0.3 is 5.73 Å². The van der Waals surface area contributed by atoms with E-state index in [-0.39, 0.29) is 0 Å². The lowest BCUT2D eigenvalue weighted by atomic mass is 10.2. The molecule has 1 aliphatic heterocycles. The highest BCUT2D eigenvalue weighted by Gasteiger charge is 2.19. The Hall–Kier alpha value is -1.20. The molecule has 0 radical (unpaired) electrons. The first-order valence-corrected chi connectivity index (χ1v) is 6.82. The molecule has 90 valence electrons. The van der Waals surface area contributed by atoms with Crippen molar-refractivity contribution in [1.82, 2.24) is 14.9 Å². The summed E-state index contributed by atoms with van der Waals surface area (Å²) in [6.07, 6.45) is 1.27. The minimum atomic E-state index is 0.610. The molecule has 1 unspecified atom stereocenters. The molecular formula is C12H16N4S. The smallest absolute Gasteiger partial charge is 0.146 e. The summed E-state index contributed by atoms with van der Waals surface area (Å²) in [5, 5.41) is 2.99. The van der Waals surface area contributed by atoms with Crippen molar-refractivity contribution in [2.75, 3.05) is 18.8 Å². The Morgan fingerprint density at radius 2 is 2.41 bits per heavy atom. The van der Waals surface area contributed by atoms with E-state index in [2.05, 4.69) is 21.8 Å². The predicted molar refractivity (Wildman–Crippen MR) is 70.9 cm³/mol. The number of hydrogen-bond donors (Lipinski definition) is 1. The van der Waals surface area contributed by atoms with E-state index in [9.17, 15) is 0 Å². The van der Waals surface area contributed by atoms with Crippen LogP contribution in [0.25, 0.3) is 10.2 Å². The van der Waals surface area contributed by atoms with Gasteiger partial charge >= 0.3 is 0 Å². The zero-order valence-electron chi connectivity index (χ0n) is 9.89. The van der Waals surface area contributed by atoms with Crippen LogP contribution >= 0.6 is 11.3 Å². The molecule has 0 amide bonds. The highest BCUT2D eigenvalue weighted by molar-refractivity contribution is 7.16. The molecule has 4 nitrogen and oxygen atoms in total. The quantitative estimate of drug-likeness (QED) is 0.884. The molecule has 1 saturated heterocycles. The second-order valence-electron chi connectivity index (χ2n) is 4.79. The zero-order chi connectivity index (χ0) is 11.8. The first-order valence-electron chi connectivity index (χ1n) is 5.94. The van der Waals surface area contributed by atoms with Crippen LogP contribution in [0.4, 0.5) is 5.82 Å². The molecule has 2 aromatic heterocycles. The summed E-state index contributed by atoms with van der Waals surface area (Å²) in [5.74, 6) is 2.25. The molecule has 0 aliphatic carbocycles. The fraction of sp³-hybridized carbons (Fsp3) is 0.500. The van der Waals surface area contributed by atoms with Crippen molar-refractivity contribution in [3.63, 3.8) is 0 Å². The molecule has 0 aromatic carbocycles. The van der Waals surface area contributed by atoms with Crippen molar-refractivity contribution in [3.05, 3.63) is 17.3 Å². The van der Waals surface area contributed by atoms with Crippen LogP contribution in [0, 0.1) is 5.92 Å². The summed E-state index contributed by atoms with van der Waals surface area (Å²) >= 11 is 1.62. The minimum absolute atomic E-state index is 0.610. The summed E-state index contributed by atoms with van der Waals surface area (Å²) in [4.78, 5) is 12.4. The van der Waals surface area contributed by atoms with Gasteiger partial charge in [0.15, 0.2) is 0 Å². The summed E-state index contributed by atoms with van der Waals surface area (Å²) < 4.78 is 0. The Balaban J connectivity index is 1.85. The number of aromatic nitrogens is 2. The van der Waals surface area contributed by atoms with Crippen molar-refractivity contribution in [1.29, 1.82) is 0 Å². The van der Waals surface area contributed by atoms with Crippen LogP contribution in [0.2, 0.25) is 0 Å². The molecule has 5 heteroatoms. The number of nitrogens with two attached hydrogens (primary N) is 1. The van der Waals surface area contributed by atoms with Crippen LogP contribution in [0.1, 0.15) is 19.2 Å². The number of hydrogen-bond acceptors (Lipinski definition) is 5. The average Bonchev–Trinajstić information content (AvgIpc) is 2.87. The van der Waals surface area contributed by atoms with Gasteiger partial charge in [-0.2, -0.15) is 0 Å². The average molecular weight is 248 g/mol. The number of rotatable bonds is 2.